The number of thioether (sulfide) groups is 1. The summed E-state index contributed by atoms with van der Waals surface area (Å²) in [6, 6.07) is 8.38. The second-order valence-electron chi connectivity index (χ2n) is 7.53. The Labute approximate surface area is 163 Å². The van der Waals surface area contributed by atoms with Crippen molar-refractivity contribution in [3.05, 3.63) is 35.9 Å². The van der Waals surface area contributed by atoms with E-state index in [0.29, 0.717) is 17.2 Å². The van der Waals surface area contributed by atoms with Crippen LogP contribution in [0.1, 0.15) is 38.2 Å². The fourth-order valence-electron chi connectivity index (χ4n) is 3.77. The van der Waals surface area contributed by atoms with Crippen molar-refractivity contribution >= 4 is 29.5 Å². The smallest absolute Gasteiger partial charge is 0.315 e. The van der Waals surface area contributed by atoms with E-state index in [9.17, 15) is 19.5 Å². The molecule has 3 rings (SSSR count). The van der Waals surface area contributed by atoms with Crippen LogP contribution >= 0.6 is 11.8 Å². The lowest BCUT2D eigenvalue weighted by Crippen LogP contribution is -2.52. The first-order valence-electron chi connectivity index (χ1n) is 9.38. The van der Waals surface area contributed by atoms with E-state index in [-0.39, 0.29) is 24.3 Å². The predicted octanol–water partition coefficient (Wildman–Crippen LogP) is 2.24. The molecular formula is C20H26N2O4S. The number of benzene rings is 1. The highest BCUT2D eigenvalue weighted by Crippen LogP contribution is 2.31. The molecule has 2 amide bonds. The molecule has 0 bridgehead atoms. The lowest BCUT2D eigenvalue weighted by atomic mass is 9.82. The monoisotopic (exact) mass is 390 g/mol. The Morgan fingerprint density at radius 3 is 2.52 bits per heavy atom. The molecular weight excluding hydrogens is 364 g/mol. The van der Waals surface area contributed by atoms with Crippen molar-refractivity contribution < 1.29 is 19.5 Å². The summed E-state index contributed by atoms with van der Waals surface area (Å²) in [6.07, 6.45) is 3.95. The van der Waals surface area contributed by atoms with Gasteiger partial charge in [0, 0.05) is 18.2 Å². The number of rotatable bonds is 6. The van der Waals surface area contributed by atoms with Crippen molar-refractivity contribution in [3.63, 3.8) is 0 Å². The van der Waals surface area contributed by atoms with Crippen molar-refractivity contribution in [2.24, 2.45) is 5.92 Å². The molecule has 1 aliphatic carbocycles. The first kappa shape index (κ1) is 19.7. The maximum absolute atomic E-state index is 12.8. The zero-order valence-electron chi connectivity index (χ0n) is 15.5. The third kappa shape index (κ3) is 4.13. The van der Waals surface area contributed by atoms with Crippen LogP contribution in [-0.4, -0.2) is 52.0 Å². The van der Waals surface area contributed by atoms with E-state index in [2.05, 4.69) is 5.32 Å². The Morgan fingerprint density at radius 1 is 1.22 bits per heavy atom. The first-order valence-corrected chi connectivity index (χ1v) is 10.5. The van der Waals surface area contributed by atoms with Crippen LogP contribution in [0.3, 0.4) is 0 Å². The number of nitrogens with one attached hydrogen (secondary N) is 1. The summed E-state index contributed by atoms with van der Waals surface area (Å²) in [5, 5.41) is 12.5. The summed E-state index contributed by atoms with van der Waals surface area (Å²) in [7, 11) is 0. The zero-order chi connectivity index (χ0) is 19.4. The number of carboxylic acids is 1. The Bertz CT molecular complexity index is 705. The number of aliphatic carboxylic acids is 1. The Hall–Kier alpha value is -2.02. The van der Waals surface area contributed by atoms with Gasteiger partial charge in [-0.1, -0.05) is 43.2 Å². The van der Waals surface area contributed by atoms with Gasteiger partial charge in [0.1, 0.15) is 11.5 Å². The number of hydrogen-bond acceptors (Lipinski definition) is 4. The van der Waals surface area contributed by atoms with Gasteiger partial charge in [-0.05, 0) is 25.3 Å². The number of hydrogen-bond donors (Lipinski definition) is 2. The van der Waals surface area contributed by atoms with Crippen LogP contribution in [0, 0.1) is 5.92 Å². The molecule has 146 valence electrons. The minimum Gasteiger partial charge on any atom is -0.481 e. The van der Waals surface area contributed by atoms with Crippen molar-refractivity contribution in [3.8, 4) is 0 Å². The first-order chi connectivity index (χ1) is 12.9. The SMILES string of the molecule is CC(CNC(=O)C1CSCN1C(=O)C1CCCC1)(C(=O)O)c1ccccc1. The fraction of sp³-hybridized carbons (Fsp3) is 0.550. The number of carbonyl (C=O) groups excluding carboxylic acids is 2. The summed E-state index contributed by atoms with van der Waals surface area (Å²) in [4.78, 5) is 39.1. The second kappa shape index (κ2) is 8.33. The van der Waals surface area contributed by atoms with E-state index in [0.717, 1.165) is 25.7 Å². The zero-order valence-corrected chi connectivity index (χ0v) is 16.3. The van der Waals surface area contributed by atoms with Gasteiger partial charge in [-0.15, -0.1) is 11.8 Å². The molecule has 6 nitrogen and oxygen atoms in total. The van der Waals surface area contributed by atoms with Crippen LogP contribution in [0.4, 0.5) is 0 Å². The standard InChI is InChI=1S/C20H26N2O4S/c1-20(19(25)26,15-9-3-2-4-10-15)12-21-17(23)16-11-27-13-22(16)18(24)14-7-5-6-8-14/h2-4,9-10,14,16H,5-8,11-13H2,1H3,(H,21,23)(H,25,26). The molecule has 1 saturated heterocycles. The van der Waals surface area contributed by atoms with E-state index >= 15 is 0 Å². The lowest BCUT2D eigenvalue weighted by molar-refractivity contribution is -0.144. The molecule has 0 radical (unpaired) electrons. The highest BCUT2D eigenvalue weighted by molar-refractivity contribution is 7.99. The normalized spacial score (nSPS) is 22.4. The van der Waals surface area contributed by atoms with Gasteiger partial charge in [-0.2, -0.15) is 0 Å². The van der Waals surface area contributed by atoms with Crippen molar-refractivity contribution in [1.29, 1.82) is 0 Å². The predicted molar refractivity (Wildman–Crippen MR) is 104 cm³/mol. The molecule has 1 heterocycles. The summed E-state index contributed by atoms with van der Waals surface area (Å²) in [5.74, 6) is -0.0698. The number of carbonyl (C=O) groups is 3. The van der Waals surface area contributed by atoms with Gasteiger partial charge in [0.15, 0.2) is 0 Å². The summed E-state index contributed by atoms with van der Waals surface area (Å²) in [6.45, 7) is 1.59. The van der Waals surface area contributed by atoms with Crippen LogP contribution in [0.15, 0.2) is 30.3 Å². The van der Waals surface area contributed by atoms with Crippen LogP contribution in [-0.2, 0) is 19.8 Å². The highest BCUT2D eigenvalue weighted by Gasteiger charge is 2.40. The fourth-order valence-corrected chi connectivity index (χ4v) is 4.94. The van der Waals surface area contributed by atoms with Gasteiger partial charge >= 0.3 is 5.97 Å². The van der Waals surface area contributed by atoms with Crippen LogP contribution < -0.4 is 5.32 Å². The molecule has 1 aromatic rings. The Balaban J connectivity index is 1.66. The summed E-state index contributed by atoms with van der Waals surface area (Å²) in [5.41, 5.74) is -0.583. The van der Waals surface area contributed by atoms with E-state index in [1.807, 2.05) is 6.07 Å². The number of carboxylic acid groups (broad SMARTS) is 1. The molecule has 2 unspecified atom stereocenters. The maximum Gasteiger partial charge on any atom is 0.315 e. The average molecular weight is 391 g/mol. The lowest BCUT2D eigenvalue weighted by Gasteiger charge is -2.29. The molecule has 27 heavy (non-hydrogen) atoms. The van der Waals surface area contributed by atoms with Gasteiger partial charge in [-0.25, -0.2) is 0 Å². The van der Waals surface area contributed by atoms with E-state index in [1.165, 1.54) is 0 Å². The minimum atomic E-state index is -1.22. The van der Waals surface area contributed by atoms with Crippen molar-refractivity contribution in [2.45, 2.75) is 44.1 Å². The van der Waals surface area contributed by atoms with Gasteiger partial charge in [0.05, 0.1) is 5.88 Å². The van der Waals surface area contributed by atoms with Gasteiger partial charge < -0.3 is 15.3 Å². The second-order valence-corrected chi connectivity index (χ2v) is 8.53. The molecule has 2 aliphatic rings. The summed E-state index contributed by atoms with van der Waals surface area (Å²) < 4.78 is 0. The number of amides is 2. The third-order valence-corrected chi connectivity index (χ3v) is 6.68. The number of nitrogens with zero attached hydrogens (tertiary/aromatic N) is 1. The molecule has 7 heteroatoms. The van der Waals surface area contributed by atoms with Gasteiger partial charge in [-0.3, -0.25) is 14.4 Å². The Morgan fingerprint density at radius 2 is 1.89 bits per heavy atom. The molecule has 1 aliphatic heterocycles. The topological polar surface area (TPSA) is 86.7 Å². The van der Waals surface area contributed by atoms with Gasteiger partial charge in [0.25, 0.3) is 0 Å². The van der Waals surface area contributed by atoms with Crippen LogP contribution in [0.5, 0.6) is 0 Å². The molecule has 1 saturated carbocycles. The average Bonchev–Trinajstić information content (AvgIpc) is 3.37. The minimum absolute atomic E-state index is 0.0161. The van der Waals surface area contributed by atoms with Gasteiger partial charge in [0.2, 0.25) is 11.8 Å². The maximum atomic E-state index is 12.8. The summed E-state index contributed by atoms with van der Waals surface area (Å²) >= 11 is 1.57. The molecule has 1 aromatic carbocycles. The molecule has 0 aromatic heterocycles. The van der Waals surface area contributed by atoms with Crippen LogP contribution in [0.25, 0.3) is 0 Å². The largest absolute Gasteiger partial charge is 0.481 e. The molecule has 2 fully saturated rings. The highest BCUT2D eigenvalue weighted by atomic mass is 32.2. The van der Waals surface area contributed by atoms with Crippen molar-refractivity contribution in [1.82, 2.24) is 10.2 Å². The third-order valence-electron chi connectivity index (χ3n) is 5.67. The molecule has 0 spiro atoms. The Kier molecular flexibility index (Phi) is 6.09. The molecule has 2 N–H and O–H groups in total. The molecule has 2 atom stereocenters. The van der Waals surface area contributed by atoms with E-state index in [4.69, 9.17) is 0 Å². The van der Waals surface area contributed by atoms with E-state index in [1.54, 1.807) is 47.9 Å². The van der Waals surface area contributed by atoms with Crippen molar-refractivity contribution in [2.75, 3.05) is 18.2 Å². The van der Waals surface area contributed by atoms with E-state index < -0.39 is 17.4 Å². The van der Waals surface area contributed by atoms with Crippen LogP contribution in [0.2, 0.25) is 0 Å². The quantitative estimate of drug-likeness (QED) is 0.778.